The Bertz CT molecular complexity index is 802. The number of fused-ring (bicyclic) bond motifs is 1. The lowest BCUT2D eigenvalue weighted by atomic mass is 10.1. The number of halogens is 1. The van der Waals surface area contributed by atoms with Gasteiger partial charge in [-0.3, -0.25) is 4.99 Å². The Morgan fingerprint density at radius 1 is 1.30 bits per heavy atom. The first-order valence-electron chi connectivity index (χ1n) is 10.7. The normalized spacial score (nSPS) is 16.0. The largest absolute Gasteiger partial charge is 0.493 e. The van der Waals surface area contributed by atoms with Crippen LogP contribution in [0.4, 0.5) is 0 Å². The summed E-state index contributed by atoms with van der Waals surface area (Å²) in [6.45, 7) is 11.5. The predicted octanol–water partition coefficient (Wildman–Crippen LogP) is 3.35. The molecule has 1 aromatic heterocycles. The van der Waals surface area contributed by atoms with E-state index in [0.717, 1.165) is 68.9 Å². The number of hydrogen-bond acceptors (Lipinski definition) is 4. The molecule has 0 saturated heterocycles. The highest BCUT2D eigenvalue weighted by atomic mass is 127. The fourth-order valence-electron chi connectivity index (χ4n) is 3.38. The predicted molar refractivity (Wildman–Crippen MR) is 132 cm³/mol. The quantitative estimate of drug-likeness (QED) is 0.314. The van der Waals surface area contributed by atoms with Gasteiger partial charge in [0.15, 0.2) is 5.96 Å². The van der Waals surface area contributed by atoms with Gasteiger partial charge in [-0.2, -0.15) is 5.10 Å². The lowest BCUT2D eigenvalue weighted by Crippen LogP contribution is -2.47. The summed E-state index contributed by atoms with van der Waals surface area (Å²) in [5, 5.41) is 11.4. The molecule has 2 heterocycles. The Morgan fingerprint density at radius 2 is 2.07 bits per heavy atom. The second-order valence-electron chi connectivity index (χ2n) is 8.00. The molecule has 0 fully saturated rings. The number of hydrogen-bond donors (Lipinski definition) is 2. The lowest BCUT2D eigenvalue weighted by Gasteiger charge is -2.25. The molecule has 0 radical (unpaired) electrons. The van der Waals surface area contributed by atoms with Crippen LogP contribution in [0.2, 0.25) is 0 Å². The van der Waals surface area contributed by atoms with Crippen LogP contribution in [0, 0.1) is 12.8 Å². The number of ether oxygens (including phenoxy) is 1. The molecule has 2 aromatic rings. The monoisotopic (exact) mass is 526 g/mol. The van der Waals surface area contributed by atoms with E-state index in [0.29, 0.717) is 12.0 Å². The van der Waals surface area contributed by atoms with Gasteiger partial charge in [-0.05, 0) is 50.3 Å². The average Bonchev–Trinajstić information content (AvgIpc) is 3.06. The number of rotatable bonds is 8. The smallest absolute Gasteiger partial charge is 0.191 e. The summed E-state index contributed by atoms with van der Waals surface area (Å²) in [5.74, 6) is 4.27. The molecule has 1 atom stereocenters. The maximum absolute atomic E-state index is 5.75. The van der Waals surface area contributed by atoms with Crippen LogP contribution in [-0.2, 0) is 19.4 Å². The molecule has 1 aliphatic rings. The number of aliphatic imine (C=N–C) groups is 1. The first kappa shape index (κ1) is 24.4. The summed E-state index contributed by atoms with van der Waals surface area (Å²) >= 11 is 0. The molecule has 30 heavy (non-hydrogen) atoms. The van der Waals surface area contributed by atoms with Crippen LogP contribution in [0.25, 0.3) is 0 Å². The number of guanidine groups is 1. The second kappa shape index (κ2) is 12.1. The Labute approximate surface area is 197 Å². The molecule has 7 nitrogen and oxygen atoms in total. The van der Waals surface area contributed by atoms with Crippen LogP contribution in [0.5, 0.6) is 5.75 Å². The van der Waals surface area contributed by atoms with Crippen molar-refractivity contribution in [3.63, 3.8) is 0 Å². The Morgan fingerprint density at radius 3 is 2.77 bits per heavy atom. The van der Waals surface area contributed by atoms with Crippen molar-refractivity contribution in [1.82, 2.24) is 25.4 Å². The maximum Gasteiger partial charge on any atom is 0.191 e. The summed E-state index contributed by atoms with van der Waals surface area (Å²) in [4.78, 5) is 9.24. The van der Waals surface area contributed by atoms with E-state index in [-0.39, 0.29) is 24.0 Å². The second-order valence-corrected chi connectivity index (χ2v) is 8.00. The van der Waals surface area contributed by atoms with Crippen molar-refractivity contribution in [3.05, 3.63) is 41.5 Å². The third kappa shape index (κ3) is 7.45. The average molecular weight is 526 g/mol. The Hall–Kier alpha value is -1.84. The lowest BCUT2D eigenvalue weighted by molar-refractivity contribution is 0.271. The van der Waals surface area contributed by atoms with E-state index >= 15 is 0 Å². The van der Waals surface area contributed by atoms with Gasteiger partial charge in [0, 0.05) is 25.6 Å². The minimum atomic E-state index is 0. The molecule has 3 rings (SSSR count). The Kier molecular flexibility index (Phi) is 9.87. The van der Waals surface area contributed by atoms with Gasteiger partial charge < -0.3 is 15.4 Å². The third-order valence-corrected chi connectivity index (χ3v) is 4.83. The van der Waals surface area contributed by atoms with Crippen LogP contribution in [0.1, 0.15) is 44.4 Å². The molecule has 0 amide bonds. The van der Waals surface area contributed by atoms with Gasteiger partial charge in [0.05, 0.1) is 13.2 Å². The van der Waals surface area contributed by atoms with Gasteiger partial charge in [-0.15, -0.1) is 24.0 Å². The fraction of sp³-hybridized carbons (Fsp3) is 0.591. The van der Waals surface area contributed by atoms with Crippen LogP contribution < -0.4 is 15.4 Å². The van der Waals surface area contributed by atoms with Crippen molar-refractivity contribution < 1.29 is 4.74 Å². The molecule has 1 aromatic carbocycles. The zero-order valence-corrected chi connectivity index (χ0v) is 20.8. The summed E-state index contributed by atoms with van der Waals surface area (Å²) in [6, 6.07) is 8.66. The van der Waals surface area contributed by atoms with Crippen LogP contribution in [0.15, 0.2) is 29.3 Å². The molecule has 0 saturated carbocycles. The molecular formula is C22H35IN6O. The van der Waals surface area contributed by atoms with Crippen LogP contribution in [-0.4, -0.2) is 46.5 Å². The first-order chi connectivity index (χ1) is 14.0. The van der Waals surface area contributed by atoms with E-state index in [1.807, 2.05) is 23.7 Å². The fourth-order valence-corrected chi connectivity index (χ4v) is 3.38. The van der Waals surface area contributed by atoms with Gasteiger partial charge >= 0.3 is 0 Å². The highest BCUT2D eigenvalue weighted by Gasteiger charge is 2.21. The first-order valence-corrected chi connectivity index (χ1v) is 10.7. The standard InChI is InChI=1S/C22H34N6O.HI/c1-5-23-22(26-19-8-11-21-25-17(4)27-28(21)14-19)24-13-12-18-6-9-20(10-7-18)29-15-16(2)3;/h6-7,9-10,16,19H,5,8,11-15H2,1-4H3,(H2,23,24,26);1H. The molecule has 1 unspecified atom stereocenters. The van der Waals surface area contributed by atoms with E-state index in [2.05, 4.69) is 53.6 Å². The number of benzene rings is 1. The minimum absolute atomic E-state index is 0. The van der Waals surface area contributed by atoms with E-state index < -0.39 is 0 Å². The van der Waals surface area contributed by atoms with Gasteiger partial charge in [-0.25, -0.2) is 9.67 Å². The highest BCUT2D eigenvalue weighted by Crippen LogP contribution is 2.14. The van der Waals surface area contributed by atoms with Gasteiger partial charge in [-0.1, -0.05) is 26.0 Å². The molecule has 0 aliphatic carbocycles. The van der Waals surface area contributed by atoms with Crippen molar-refractivity contribution in [2.45, 2.75) is 59.5 Å². The van der Waals surface area contributed by atoms with Gasteiger partial charge in [0.1, 0.15) is 17.4 Å². The van der Waals surface area contributed by atoms with E-state index in [9.17, 15) is 0 Å². The van der Waals surface area contributed by atoms with Crippen molar-refractivity contribution in [2.75, 3.05) is 19.7 Å². The van der Waals surface area contributed by atoms with Crippen molar-refractivity contribution >= 4 is 29.9 Å². The zero-order valence-electron chi connectivity index (χ0n) is 18.5. The number of nitrogens with zero attached hydrogens (tertiary/aromatic N) is 4. The van der Waals surface area contributed by atoms with Crippen LogP contribution >= 0.6 is 24.0 Å². The molecule has 0 spiro atoms. The maximum atomic E-state index is 5.75. The summed E-state index contributed by atoms with van der Waals surface area (Å²) in [7, 11) is 0. The highest BCUT2D eigenvalue weighted by molar-refractivity contribution is 14.0. The number of aryl methyl sites for hydroxylation is 2. The third-order valence-electron chi connectivity index (χ3n) is 4.83. The van der Waals surface area contributed by atoms with E-state index in [1.165, 1.54) is 5.56 Å². The topological polar surface area (TPSA) is 76.4 Å². The van der Waals surface area contributed by atoms with Gasteiger partial charge in [0.2, 0.25) is 0 Å². The van der Waals surface area contributed by atoms with Crippen LogP contribution in [0.3, 0.4) is 0 Å². The summed E-state index contributed by atoms with van der Waals surface area (Å²) in [6.07, 6.45) is 2.89. The van der Waals surface area contributed by atoms with E-state index in [1.54, 1.807) is 0 Å². The minimum Gasteiger partial charge on any atom is -0.493 e. The van der Waals surface area contributed by atoms with E-state index in [4.69, 9.17) is 9.73 Å². The SMILES string of the molecule is CCNC(=NCCc1ccc(OCC(C)C)cc1)NC1CCc2nc(C)nn2C1.I. The van der Waals surface area contributed by atoms with Crippen molar-refractivity contribution in [2.24, 2.45) is 10.9 Å². The van der Waals surface area contributed by atoms with Crippen molar-refractivity contribution in [1.29, 1.82) is 0 Å². The summed E-state index contributed by atoms with van der Waals surface area (Å²) in [5.41, 5.74) is 1.27. The molecule has 166 valence electrons. The number of aromatic nitrogens is 3. The summed E-state index contributed by atoms with van der Waals surface area (Å²) < 4.78 is 7.77. The molecular weight excluding hydrogens is 491 g/mol. The molecule has 2 N–H and O–H groups in total. The molecule has 8 heteroatoms. The van der Waals surface area contributed by atoms with Gasteiger partial charge in [0.25, 0.3) is 0 Å². The van der Waals surface area contributed by atoms with Crippen molar-refractivity contribution in [3.8, 4) is 5.75 Å². The molecule has 0 bridgehead atoms. The number of nitrogens with one attached hydrogen (secondary N) is 2. The zero-order chi connectivity index (χ0) is 20.6. The molecule has 1 aliphatic heterocycles. The Balaban J connectivity index is 0.00000320.